The monoisotopic (exact) mass is 345 g/mol. The molecule has 22 heavy (non-hydrogen) atoms. The van der Waals surface area contributed by atoms with E-state index in [4.69, 9.17) is 4.52 Å². The number of rotatable bonds is 5. The molecule has 1 atom stereocenters. The van der Waals surface area contributed by atoms with Crippen LogP contribution in [0.5, 0.6) is 0 Å². The van der Waals surface area contributed by atoms with Crippen LogP contribution in [0.15, 0.2) is 29.0 Å². The molecular formula is C14H21Cl2N5O. The maximum Gasteiger partial charge on any atom is 0.241 e. The summed E-state index contributed by atoms with van der Waals surface area (Å²) < 4.78 is 5.32. The van der Waals surface area contributed by atoms with Crippen LogP contribution in [0.25, 0.3) is 11.4 Å². The summed E-state index contributed by atoms with van der Waals surface area (Å²) in [5.74, 6) is 2.01. The van der Waals surface area contributed by atoms with E-state index in [2.05, 4.69) is 32.4 Å². The molecule has 0 amide bonds. The van der Waals surface area contributed by atoms with E-state index in [1.165, 1.54) is 6.42 Å². The zero-order chi connectivity index (χ0) is 13.8. The average Bonchev–Trinajstić information content (AvgIpc) is 3.11. The van der Waals surface area contributed by atoms with Gasteiger partial charge in [0.15, 0.2) is 0 Å². The minimum Gasteiger partial charge on any atom is -0.338 e. The van der Waals surface area contributed by atoms with Crippen LogP contribution in [0, 0.1) is 5.92 Å². The summed E-state index contributed by atoms with van der Waals surface area (Å²) in [4.78, 5) is 10.7. The topological polar surface area (TPSA) is 67.1 Å². The number of pyridine rings is 1. The van der Waals surface area contributed by atoms with Gasteiger partial charge < -0.3 is 9.84 Å². The fraction of sp³-hybridized carbons (Fsp3) is 0.500. The van der Waals surface area contributed by atoms with Crippen molar-refractivity contribution in [1.29, 1.82) is 0 Å². The highest BCUT2D eigenvalue weighted by Crippen LogP contribution is 2.15. The Kier molecular flexibility index (Phi) is 7.75. The van der Waals surface area contributed by atoms with Crippen LogP contribution in [-0.4, -0.2) is 46.7 Å². The van der Waals surface area contributed by atoms with Crippen molar-refractivity contribution in [1.82, 2.24) is 25.3 Å². The summed E-state index contributed by atoms with van der Waals surface area (Å²) in [5.41, 5.74) is 0.928. The van der Waals surface area contributed by atoms with Gasteiger partial charge in [0.1, 0.15) is 0 Å². The Morgan fingerprint density at radius 3 is 2.77 bits per heavy atom. The standard InChI is InChI=1S/C14H19N5O.2ClH/c1-19(9-11-2-5-16-8-11)10-13-17-14(18-20-13)12-3-6-15-7-4-12;;/h3-4,6-7,11,16H,2,5,8-10H2,1H3;2*1H. The van der Waals surface area contributed by atoms with E-state index >= 15 is 0 Å². The maximum absolute atomic E-state index is 5.32. The van der Waals surface area contributed by atoms with Gasteiger partial charge >= 0.3 is 0 Å². The third kappa shape index (κ3) is 4.91. The minimum atomic E-state index is 0. The summed E-state index contributed by atoms with van der Waals surface area (Å²) in [7, 11) is 2.09. The minimum absolute atomic E-state index is 0. The van der Waals surface area contributed by atoms with E-state index in [-0.39, 0.29) is 24.8 Å². The van der Waals surface area contributed by atoms with E-state index in [0.717, 1.165) is 31.1 Å². The fourth-order valence-corrected chi connectivity index (χ4v) is 2.54. The normalized spacial score (nSPS) is 17.1. The summed E-state index contributed by atoms with van der Waals surface area (Å²) in [6, 6.07) is 3.76. The molecule has 1 N–H and O–H groups in total. The molecule has 1 aliphatic rings. The molecule has 1 aliphatic heterocycles. The quantitative estimate of drug-likeness (QED) is 0.894. The molecule has 1 fully saturated rings. The third-order valence-corrected chi connectivity index (χ3v) is 3.54. The van der Waals surface area contributed by atoms with Crippen molar-refractivity contribution in [3.8, 4) is 11.4 Å². The zero-order valence-corrected chi connectivity index (χ0v) is 14.1. The molecule has 122 valence electrons. The number of nitrogens with zero attached hydrogens (tertiary/aromatic N) is 4. The maximum atomic E-state index is 5.32. The van der Waals surface area contributed by atoms with Crippen molar-refractivity contribution in [2.75, 3.05) is 26.7 Å². The number of nitrogens with one attached hydrogen (secondary N) is 1. The van der Waals surface area contributed by atoms with Gasteiger partial charge in [0.2, 0.25) is 11.7 Å². The van der Waals surface area contributed by atoms with Gasteiger partial charge in [-0.05, 0) is 44.6 Å². The first-order valence-electron chi connectivity index (χ1n) is 6.93. The largest absolute Gasteiger partial charge is 0.338 e. The Morgan fingerprint density at radius 1 is 1.32 bits per heavy atom. The lowest BCUT2D eigenvalue weighted by Gasteiger charge is -2.18. The number of hydrogen-bond donors (Lipinski definition) is 1. The second-order valence-corrected chi connectivity index (χ2v) is 5.30. The lowest BCUT2D eigenvalue weighted by molar-refractivity contribution is 0.239. The van der Waals surface area contributed by atoms with Crippen molar-refractivity contribution in [2.24, 2.45) is 5.92 Å². The Bertz CT molecular complexity index is 545. The van der Waals surface area contributed by atoms with Crippen LogP contribution in [0.2, 0.25) is 0 Å². The molecule has 3 heterocycles. The molecule has 2 aromatic rings. The van der Waals surface area contributed by atoms with Gasteiger partial charge in [-0.2, -0.15) is 4.98 Å². The molecule has 0 saturated carbocycles. The highest BCUT2D eigenvalue weighted by atomic mass is 35.5. The van der Waals surface area contributed by atoms with Crippen molar-refractivity contribution < 1.29 is 4.52 Å². The van der Waals surface area contributed by atoms with Crippen molar-refractivity contribution in [3.05, 3.63) is 30.4 Å². The summed E-state index contributed by atoms with van der Waals surface area (Å²) in [6.45, 7) is 3.98. The molecule has 6 nitrogen and oxygen atoms in total. The van der Waals surface area contributed by atoms with Crippen molar-refractivity contribution >= 4 is 24.8 Å². The van der Waals surface area contributed by atoms with Gasteiger partial charge in [-0.15, -0.1) is 24.8 Å². The average molecular weight is 346 g/mol. The second-order valence-electron chi connectivity index (χ2n) is 5.30. The molecule has 0 aliphatic carbocycles. The van der Waals surface area contributed by atoms with Gasteiger partial charge in [-0.1, -0.05) is 5.16 Å². The SMILES string of the molecule is CN(Cc1nc(-c2ccncc2)no1)CC1CCNC1.Cl.Cl. The lowest BCUT2D eigenvalue weighted by Crippen LogP contribution is -2.26. The highest BCUT2D eigenvalue weighted by Gasteiger charge is 2.18. The van der Waals surface area contributed by atoms with Crippen LogP contribution in [0.4, 0.5) is 0 Å². The summed E-state index contributed by atoms with van der Waals surface area (Å²) in [5, 5.41) is 7.40. The van der Waals surface area contributed by atoms with Gasteiger partial charge in [0, 0.05) is 24.5 Å². The molecule has 2 aromatic heterocycles. The van der Waals surface area contributed by atoms with Crippen LogP contribution >= 0.6 is 24.8 Å². The molecule has 8 heteroatoms. The Hall–Kier alpha value is -1.21. The summed E-state index contributed by atoms with van der Waals surface area (Å²) in [6.07, 6.45) is 4.70. The van der Waals surface area contributed by atoms with E-state index in [9.17, 15) is 0 Å². The van der Waals surface area contributed by atoms with Gasteiger partial charge in [0.05, 0.1) is 6.54 Å². The predicted octanol–water partition coefficient (Wildman–Crippen LogP) is 2.02. The van der Waals surface area contributed by atoms with Crippen LogP contribution in [0.1, 0.15) is 12.3 Å². The summed E-state index contributed by atoms with van der Waals surface area (Å²) >= 11 is 0. The second kappa shape index (κ2) is 9.05. The van der Waals surface area contributed by atoms with Crippen molar-refractivity contribution in [3.63, 3.8) is 0 Å². The Morgan fingerprint density at radius 2 is 2.09 bits per heavy atom. The third-order valence-electron chi connectivity index (χ3n) is 3.54. The molecule has 0 spiro atoms. The predicted molar refractivity (Wildman–Crippen MR) is 89.3 cm³/mol. The molecule has 1 saturated heterocycles. The molecule has 0 bridgehead atoms. The van der Waals surface area contributed by atoms with Crippen LogP contribution in [-0.2, 0) is 6.54 Å². The van der Waals surface area contributed by atoms with Crippen molar-refractivity contribution in [2.45, 2.75) is 13.0 Å². The molecule has 0 aromatic carbocycles. The van der Waals surface area contributed by atoms with Gasteiger partial charge in [0.25, 0.3) is 0 Å². The van der Waals surface area contributed by atoms with Gasteiger partial charge in [-0.25, -0.2) is 0 Å². The number of hydrogen-bond acceptors (Lipinski definition) is 6. The smallest absolute Gasteiger partial charge is 0.241 e. The van der Waals surface area contributed by atoms with Crippen LogP contribution < -0.4 is 5.32 Å². The number of aromatic nitrogens is 3. The first-order valence-corrected chi connectivity index (χ1v) is 6.93. The molecule has 1 unspecified atom stereocenters. The first-order chi connectivity index (χ1) is 9.81. The zero-order valence-electron chi connectivity index (χ0n) is 12.4. The van der Waals surface area contributed by atoms with E-state index in [0.29, 0.717) is 18.3 Å². The van der Waals surface area contributed by atoms with E-state index < -0.39 is 0 Å². The first kappa shape index (κ1) is 18.8. The molecule has 3 rings (SSSR count). The van der Waals surface area contributed by atoms with Crippen LogP contribution in [0.3, 0.4) is 0 Å². The Labute approximate surface area is 142 Å². The van der Waals surface area contributed by atoms with E-state index in [1.54, 1.807) is 12.4 Å². The Balaban J connectivity index is 0.00000121. The number of halogens is 2. The molecule has 0 radical (unpaired) electrons. The van der Waals surface area contributed by atoms with Gasteiger partial charge in [-0.3, -0.25) is 9.88 Å². The highest BCUT2D eigenvalue weighted by molar-refractivity contribution is 5.85. The van der Waals surface area contributed by atoms with E-state index in [1.807, 2.05) is 12.1 Å². The molecular weight excluding hydrogens is 325 g/mol. The fourth-order valence-electron chi connectivity index (χ4n) is 2.54. The lowest BCUT2D eigenvalue weighted by atomic mass is 10.1.